The minimum absolute atomic E-state index is 0.171. The second-order valence-corrected chi connectivity index (χ2v) is 5.33. The quantitative estimate of drug-likeness (QED) is 0.546. The first-order valence-electron chi connectivity index (χ1n) is 7.22. The maximum Gasteiger partial charge on any atom is 0.533 e. The fourth-order valence-electron chi connectivity index (χ4n) is 2.56. The topological polar surface area (TPSA) is 55.8 Å². The van der Waals surface area contributed by atoms with Gasteiger partial charge in [-0.2, -0.15) is 5.06 Å². The first-order chi connectivity index (χ1) is 9.70. The van der Waals surface area contributed by atoms with Crippen LogP contribution in [0, 0.1) is 23.7 Å². The molecular weight excluding hydrogens is 258 g/mol. The third-order valence-corrected chi connectivity index (χ3v) is 3.86. The zero-order valence-corrected chi connectivity index (χ0v) is 11.9. The molecule has 0 spiro atoms. The molecule has 0 N–H and O–H groups in total. The van der Waals surface area contributed by atoms with Gasteiger partial charge < -0.3 is 9.57 Å². The van der Waals surface area contributed by atoms with Crippen LogP contribution < -0.4 is 0 Å². The third-order valence-electron chi connectivity index (χ3n) is 3.86. The number of methoxy groups -OCH3 is 1. The monoisotopic (exact) mass is 279 g/mol. The van der Waals surface area contributed by atoms with E-state index in [2.05, 4.69) is 21.4 Å². The highest BCUT2D eigenvalue weighted by molar-refractivity contribution is 5.78. The smallest absolute Gasteiger partial charge is 0.436 e. The SMILES string of the molecule is C1#CCC[C@H]2C[C@H]2CC1.COC(=O)ON1CCCC1=O. The molecule has 0 unspecified atom stereocenters. The van der Waals surface area contributed by atoms with Gasteiger partial charge in [-0.3, -0.25) is 4.79 Å². The van der Waals surface area contributed by atoms with Gasteiger partial charge in [-0.05, 0) is 37.5 Å². The lowest BCUT2D eigenvalue weighted by molar-refractivity contribution is -0.163. The maximum absolute atomic E-state index is 10.8. The molecule has 0 aromatic heterocycles. The number of ether oxygens (including phenoxy) is 1. The minimum atomic E-state index is -0.847. The van der Waals surface area contributed by atoms with Gasteiger partial charge in [0.05, 0.1) is 13.7 Å². The van der Waals surface area contributed by atoms with Crippen molar-refractivity contribution < 1.29 is 19.2 Å². The van der Waals surface area contributed by atoms with Gasteiger partial charge in [0.1, 0.15) is 0 Å². The molecule has 0 radical (unpaired) electrons. The van der Waals surface area contributed by atoms with Gasteiger partial charge in [-0.25, -0.2) is 4.79 Å². The van der Waals surface area contributed by atoms with E-state index >= 15 is 0 Å². The first kappa shape index (κ1) is 14.7. The maximum atomic E-state index is 10.8. The lowest BCUT2D eigenvalue weighted by Crippen LogP contribution is -2.28. The number of rotatable bonds is 1. The highest BCUT2D eigenvalue weighted by Gasteiger charge is 2.35. The number of amides is 1. The van der Waals surface area contributed by atoms with Gasteiger partial charge >= 0.3 is 6.16 Å². The summed E-state index contributed by atoms with van der Waals surface area (Å²) < 4.78 is 4.21. The number of hydrogen-bond acceptors (Lipinski definition) is 4. The van der Waals surface area contributed by atoms with E-state index in [1.54, 1.807) is 0 Å². The largest absolute Gasteiger partial charge is 0.533 e. The van der Waals surface area contributed by atoms with Crippen molar-refractivity contribution in [1.82, 2.24) is 5.06 Å². The standard InChI is InChI=1S/C9H12.C6H9NO4/c1-2-4-6-9-7-8(9)5-3-1;1-10-6(9)11-7-4-2-3-5(7)8/h8-9H,3-7H2;2-4H2,1H3/t8-,9+;. The lowest BCUT2D eigenvalue weighted by Gasteiger charge is -2.12. The number of hydrogen-bond donors (Lipinski definition) is 0. The molecular formula is C15H21NO4. The zero-order chi connectivity index (χ0) is 14.4. The molecule has 2 fully saturated rings. The van der Waals surface area contributed by atoms with E-state index in [-0.39, 0.29) is 5.91 Å². The summed E-state index contributed by atoms with van der Waals surface area (Å²) >= 11 is 0. The first-order valence-corrected chi connectivity index (χ1v) is 7.22. The van der Waals surface area contributed by atoms with Gasteiger partial charge in [0.25, 0.3) is 5.91 Å². The minimum Gasteiger partial charge on any atom is -0.436 e. The summed E-state index contributed by atoms with van der Waals surface area (Å²) in [6, 6.07) is 0. The van der Waals surface area contributed by atoms with Crippen molar-refractivity contribution >= 4 is 12.1 Å². The summed E-state index contributed by atoms with van der Waals surface area (Å²) in [5.41, 5.74) is 0. The van der Waals surface area contributed by atoms with Gasteiger partial charge in [0, 0.05) is 19.3 Å². The summed E-state index contributed by atoms with van der Waals surface area (Å²) in [6.45, 7) is 0.466. The number of carbonyl (C=O) groups is 2. The van der Waals surface area contributed by atoms with E-state index in [1.165, 1.54) is 39.2 Å². The van der Waals surface area contributed by atoms with Crippen LogP contribution in [0.25, 0.3) is 0 Å². The van der Waals surface area contributed by atoms with Gasteiger partial charge in [-0.1, -0.05) is 0 Å². The van der Waals surface area contributed by atoms with Crippen LogP contribution >= 0.6 is 0 Å². The van der Waals surface area contributed by atoms with Crippen molar-refractivity contribution in [3.05, 3.63) is 0 Å². The highest BCUT2D eigenvalue weighted by atomic mass is 16.8. The molecule has 20 heavy (non-hydrogen) atoms. The summed E-state index contributed by atoms with van der Waals surface area (Å²) in [5, 5.41) is 1.02. The molecule has 0 bridgehead atoms. The molecule has 2 atom stereocenters. The second-order valence-electron chi connectivity index (χ2n) is 5.33. The number of hydroxylamine groups is 2. The van der Waals surface area contributed by atoms with Crippen LogP contribution in [0.1, 0.15) is 44.9 Å². The van der Waals surface area contributed by atoms with Crippen LogP contribution in [0.3, 0.4) is 0 Å². The van der Waals surface area contributed by atoms with Gasteiger partial charge in [0.2, 0.25) is 0 Å². The van der Waals surface area contributed by atoms with E-state index in [9.17, 15) is 9.59 Å². The average molecular weight is 279 g/mol. The van der Waals surface area contributed by atoms with Gasteiger partial charge in [-0.15, -0.1) is 11.8 Å². The molecule has 3 aliphatic rings. The third kappa shape index (κ3) is 4.44. The molecule has 5 nitrogen and oxygen atoms in total. The van der Waals surface area contributed by atoms with E-state index in [0.29, 0.717) is 13.0 Å². The van der Waals surface area contributed by atoms with Crippen molar-refractivity contribution in [2.45, 2.75) is 44.9 Å². The van der Waals surface area contributed by atoms with E-state index in [4.69, 9.17) is 0 Å². The van der Waals surface area contributed by atoms with Crippen molar-refractivity contribution in [1.29, 1.82) is 0 Å². The normalized spacial score (nSPS) is 26.9. The summed E-state index contributed by atoms with van der Waals surface area (Å²) in [5.74, 6) is 8.38. The van der Waals surface area contributed by atoms with Crippen LogP contribution in [0.5, 0.6) is 0 Å². The number of carbonyl (C=O) groups excluding carboxylic acids is 2. The van der Waals surface area contributed by atoms with Crippen molar-refractivity contribution in [3.63, 3.8) is 0 Å². The van der Waals surface area contributed by atoms with Crippen LogP contribution in [0.2, 0.25) is 0 Å². The molecule has 0 aromatic rings. The lowest BCUT2D eigenvalue weighted by atomic mass is 10.1. The van der Waals surface area contributed by atoms with Gasteiger partial charge in [0.15, 0.2) is 0 Å². The van der Waals surface area contributed by atoms with Crippen LogP contribution in [-0.4, -0.2) is 30.8 Å². The Morgan fingerprint density at radius 3 is 2.40 bits per heavy atom. The summed E-state index contributed by atoms with van der Waals surface area (Å²) in [6.07, 6.45) is 6.94. The van der Waals surface area contributed by atoms with E-state index < -0.39 is 6.16 Å². The Morgan fingerprint density at radius 2 is 1.90 bits per heavy atom. The van der Waals surface area contributed by atoms with Crippen molar-refractivity contribution in [2.75, 3.05) is 13.7 Å². The molecule has 1 aliphatic heterocycles. The Labute approximate surface area is 119 Å². The molecule has 1 amide bonds. The highest BCUT2D eigenvalue weighted by Crippen LogP contribution is 2.45. The molecule has 3 rings (SSSR count). The molecule has 5 heteroatoms. The number of fused-ring (bicyclic) bond motifs is 1. The molecule has 110 valence electrons. The number of nitrogens with zero attached hydrogens (tertiary/aromatic N) is 1. The molecule has 1 heterocycles. The predicted octanol–water partition coefficient (Wildman–Crippen LogP) is 2.51. The van der Waals surface area contributed by atoms with E-state index in [1.807, 2.05) is 0 Å². The van der Waals surface area contributed by atoms with Crippen molar-refractivity contribution in [3.8, 4) is 11.8 Å². The average Bonchev–Trinajstić information content (AvgIpc) is 3.01. The molecule has 2 aliphatic carbocycles. The second kappa shape index (κ2) is 7.18. The Bertz CT molecular complexity index is 407. The Hall–Kier alpha value is -1.70. The van der Waals surface area contributed by atoms with Crippen LogP contribution in [0.15, 0.2) is 0 Å². The van der Waals surface area contributed by atoms with E-state index in [0.717, 1.165) is 23.3 Å². The molecule has 0 aromatic carbocycles. The summed E-state index contributed by atoms with van der Waals surface area (Å²) in [7, 11) is 1.20. The van der Waals surface area contributed by atoms with Crippen molar-refractivity contribution in [2.24, 2.45) is 11.8 Å². The zero-order valence-electron chi connectivity index (χ0n) is 11.9. The Balaban J connectivity index is 0.000000149. The Morgan fingerprint density at radius 1 is 1.25 bits per heavy atom. The fourth-order valence-corrected chi connectivity index (χ4v) is 2.56. The van der Waals surface area contributed by atoms with Crippen LogP contribution in [-0.2, 0) is 14.4 Å². The van der Waals surface area contributed by atoms with Crippen LogP contribution in [0.4, 0.5) is 4.79 Å². The molecule has 1 saturated heterocycles. The fraction of sp³-hybridized carbons (Fsp3) is 0.733. The molecule has 1 saturated carbocycles. The predicted molar refractivity (Wildman–Crippen MR) is 72.3 cm³/mol. The summed E-state index contributed by atoms with van der Waals surface area (Å²) in [4.78, 5) is 25.8. The Kier molecular flexibility index (Phi) is 5.28.